The van der Waals surface area contributed by atoms with Gasteiger partial charge in [-0.2, -0.15) is 5.10 Å². The van der Waals surface area contributed by atoms with Crippen LogP contribution in [0.2, 0.25) is 0 Å². The minimum Gasteiger partial charge on any atom is -0.392 e. The summed E-state index contributed by atoms with van der Waals surface area (Å²) in [5, 5.41) is 4.54. The van der Waals surface area contributed by atoms with Crippen molar-refractivity contribution >= 4 is 33.1 Å². The standard InChI is InChI=1S/C13H21BrN4S/c1-3-9-12(14)11(17(2)16-9)8-18-7-5-4-6-10(18)13(15)19/h10H,3-8H2,1-2H3,(H2,15,19). The predicted molar refractivity (Wildman–Crippen MR) is 85.1 cm³/mol. The molecule has 1 fully saturated rings. The Kier molecular flexibility index (Phi) is 4.97. The van der Waals surface area contributed by atoms with Crippen LogP contribution in [0.1, 0.15) is 37.6 Å². The van der Waals surface area contributed by atoms with E-state index < -0.39 is 0 Å². The third-order valence-electron chi connectivity index (χ3n) is 3.80. The van der Waals surface area contributed by atoms with Gasteiger partial charge in [-0.1, -0.05) is 25.6 Å². The third-order valence-corrected chi connectivity index (χ3v) is 4.99. The van der Waals surface area contributed by atoms with Crippen molar-refractivity contribution in [3.8, 4) is 0 Å². The summed E-state index contributed by atoms with van der Waals surface area (Å²) in [6, 6.07) is 0.232. The topological polar surface area (TPSA) is 47.1 Å². The lowest BCUT2D eigenvalue weighted by Gasteiger charge is -2.34. The average molecular weight is 345 g/mol. The van der Waals surface area contributed by atoms with Crippen LogP contribution in [0.3, 0.4) is 0 Å². The maximum atomic E-state index is 5.87. The second kappa shape index (κ2) is 6.33. The Morgan fingerprint density at radius 2 is 2.26 bits per heavy atom. The Labute approximate surface area is 128 Å². The largest absolute Gasteiger partial charge is 0.392 e. The van der Waals surface area contributed by atoms with Crippen LogP contribution in [0.5, 0.6) is 0 Å². The highest BCUT2D eigenvalue weighted by molar-refractivity contribution is 9.10. The summed E-state index contributed by atoms with van der Waals surface area (Å²) in [5.74, 6) is 0. The smallest absolute Gasteiger partial charge is 0.0902 e. The number of thiocarbonyl (C=S) groups is 1. The second-order valence-electron chi connectivity index (χ2n) is 5.07. The Balaban J connectivity index is 2.19. The Morgan fingerprint density at radius 1 is 1.53 bits per heavy atom. The van der Waals surface area contributed by atoms with Crippen molar-refractivity contribution in [2.24, 2.45) is 12.8 Å². The van der Waals surface area contributed by atoms with E-state index in [4.69, 9.17) is 18.0 Å². The molecule has 1 unspecified atom stereocenters. The molecular weight excluding hydrogens is 324 g/mol. The van der Waals surface area contributed by atoms with E-state index in [1.54, 1.807) is 0 Å². The molecule has 106 valence electrons. The van der Waals surface area contributed by atoms with E-state index in [1.807, 2.05) is 11.7 Å². The molecule has 0 aromatic carbocycles. The molecule has 1 saturated heterocycles. The monoisotopic (exact) mass is 344 g/mol. The summed E-state index contributed by atoms with van der Waals surface area (Å²) >= 11 is 8.88. The molecule has 6 heteroatoms. The average Bonchev–Trinajstić information content (AvgIpc) is 2.66. The van der Waals surface area contributed by atoms with Gasteiger partial charge in [0.2, 0.25) is 0 Å². The van der Waals surface area contributed by atoms with Crippen molar-refractivity contribution in [3.63, 3.8) is 0 Å². The zero-order valence-electron chi connectivity index (χ0n) is 11.5. The molecule has 2 N–H and O–H groups in total. The molecule has 0 radical (unpaired) electrons. The van der Waals surface area contributed by atoms with Crippen LogP contribution in [-0.2, 0) is 20.0 Å². The van der Waals surface area contributed by atoms with Crippen molar-refractivity contribution < 1.29 is 0 Å². The summed E-state index contributed by atoms with van der Waals surface area (Å²) in [5.41, 5.74) is 8.20. The molecule has 0 spiro atoms. The lowest BCUT2D eigenvalue weighted by atomic mass is 10.0. The second-order valence-corrected chi connectivity index (χ2v) is 6.33. The number of halogens is 1. The lowest BCUT2D eigenvalue weighted by Crippen LogP contribution is -2.46. The molecule has 1 aromatic rings. The van der Waals surface area contributed by atoms with Gasteiger partial charge in [0, 0.05) is 13.6 Å². The highest BCUT2D eigenvalue weighted by Gasteiger charge is 2.26. The first-order valence-corrected chi connectivity index (χ1v) is 7.98. The summed E-state index contributed by atoms with van der Waals surface area (Å²) in [7, 11) is 2.00. The Morgan fingerprint density at radius 3 is 2.84 bits per heavy atom. The highest BCUT2D eigenvalue weighted by atomic mass is 79.9. The lowest BCUT2D eigenvalue weighted by molar-refractivity contribution is 0.180. The van der Waals surface area contributed by atoms with Gasteiger partial charge < -0.3 is 5.73 Å². The van der Waals surface area contributed by atoms with Gasteiger partial charge in [0.25, 0.3) is 0 Å². The van der Waals surface area contributed by atoms with Gasteiger partial charge in [-0.05, 0) is 41.7 Å². The van der Waals surface area contributed by atoms with E-state index in [0.29, 0.717) is 4.99 Å². The van der Waals surface area contributed by atoms with E-state index in [0.717, 1.165) is 36.1 Å². The van der Waals surface area contributed by atoms with Crippen molar-refractivity contribution in [1.29, 1.82) is 0 Å². The first-order chi connectivity index (χ1) is 9.04. The van der Waals surface area contributed by atoms with Crippen molar-refractivity contribution in [3.05, 3.63) is 15.9 Å². The van der Waals surface area contributed by atoms with Gasteiger partial charge in [0.1, 0.15) is 0 Å². The van der Waals surface area contributed by atoms with E-state index >= 15 is 0 Å². The molecule has 19 heavy (non-hydrogen) atoms. The quantitative estimate of drug-likeness (QED) is 0.852. The van der Waals surface area contributed by atoms with Gasteiger partial charge in [0.05, 0.1) is 26.9 Å². The van der Waals surface area contributed by atoms with E-state index in [9.17, 15) is 0 Å². The number of nitrogens with two attached hydrogens (primary N) is 1. The number of rotatable bonds is 4. The van der Waals surface area contributed by atoms with Gasteiger partial charge in [-0.25, -0.2) is 0 Å². The first-order valence-electron chi connectivity index (χ1n) is 6.78. The number of nitrogens with zero attached hydrogens (tertiary/aromatic N) is 3. The van der Waals surface area contributed by atoms with Crippen LogP contribution < -0.4 is 5.73 Å². The van der Waals surface area contributed by atoms with Crippen molar-refractivity contribution in [2.75, 3.05) is 6.54 Å². The number of hydrogen-bond acceptors (Lipinski definition) is 3. The molecule has 1 atom stereocenters. The van der Waals surface area contributed by atoms with Gasteiger partial charge in [0.15, 0.2) is 0 Å². The zero-order valence-corrected chi connectivity index (χ0v) is 13.9. The van der Waals surface area contributed by atoms with Gasteiger partial charge >= 0.3 is 0 Å². The molecule has 0 bridgehead atoms. The van der Waals surface area contributed by atoms with Crippen LogP contribution in [-0.4, -0.2) is 32.3 Å². The van der Waals surface area contributed by atoms with E-state index in [-0.39, 0.29) is 6.04 Å². The molecule has 2 rings (SSSR count). The van der Waals surface area contributed by atoms with Crippen LogP contribution in [0.4, 0.5) is 0 Å². The van der Waals surface area contributed by atoms with E-state index in [1.165, 1.54) is 18.5 Å². The molecule has 2 heterocycles. The van der Waals surface area contributed by atoms with Crippen LogP contribution in [0, 0.1) is 0 Å². The molecular formula is C13H21BrN4S. The fourth-order valence-electron chi connectivity index (χ4n) is 2.69. The Hall–Kier alpha value is -0.460. The van der Waals surface area contributed by atoms with Crippen LogP contribution >= 0.6 is 28.1 Å². The van der Waals surface area contributed by atoms with Crippen LogP contribution in [0.25, 0.3) is 0 Å². The summed E-state index contributed by atoms with van der Waals surface area (Å²) < 4.78 is 3.10. The van der Waals surface area contributed by atoms with Crippen molar-refractivity contribution in [1.82, 2.24) is 14.7 Å². The maximum Gasteiger partial charge on any atom is 0.0902 e. The minimum atomic E-state index is 0.232. The third kappa shape index (κ3) is 3.17. The van der Waals surface area contributed by atoms with Gasteiger partial charge in [-0.3, -0.25) is 9.58 Å². The summed E-state index contributed by atoms with van der Waals surface area (Å²) in [6.07, 6.45) is 4.44. The number of hydrogen-bond donors (Lipinski definition) is 1. The Bertz CT molecular complexity index is 471. The molecule has 4 nitrogen and oxygen atoms in total. The maximum absolute atomic E-state index is 5.87. The molecule has 0 amide bonds. The zero-order chi connectivity index (χ0) is 14.0. The number of aromatic nitrogens is 2. The highest BCUT2D eigenvalue weighted by Crippen LogP contribution is 2.26. The van der Waals surface area contributed by atoms with Gasteiger partial charge in [-0.15, -0.1) is 0 Å². The number of likely N-dealkylation sites (tertiary alicyclic amines) is 1. The molecule has 1 aliphatic heterocycles. The molecule has 1 aromatic heterocycles. The fourth-order valence-corrected chi connectivity index (χ4v) is 3.69. The van der Waals surface area contributed by atoms with E-state index in [2.05, 4.69) is 32.9 Å². The summed E-state index contributed by atoms with van der Waals surface area (Å²) in [4.78, 5) is 3.00. The van der Waals surface area contributed by atoms with Crippen molar-refractivity contribution in [2.45, 2.75) is 45.2 Å². The number of aryl methyl sites for hydroxylation is 2. The first kappa shape index (κ1) is 14.9. The normalized spacial score (nSPS) is 20.7. The number of piperidine rings is 1. The predicted octanol–water partition coefficient (Wildman–Crippen LogP) is 2.39. The minimum absolute atomic E-state index is 0.232. The molecule has 0 aliphatic carbocycles. The molecule has 0 saturated carbocycles. The SMILES string of the molecule is CCc1nn(C)c(CN2CCCCC2C(N)=S)c1Br. The fraction of sp³-hybridized carbons (Fsp3) is 0.692. The van der Waals surface area contributed by atoms with Crippen LogP contribution in [0.15, 0.2) is 4.47 Å². The summed E-state index contributed by atoms with van der Waals surface area (Å²) in [6.45, 7) is 4.03. The molecule has 1 aliphatic rings.